The molecule has 3 aliphatic carbocycles. The van der Waals surface area contributed by atoms with Crippen LogP contribution in [0.5, 0.6) is 0 Å². The third-order valence-electron chi connectivity index (χ3n) is 14.8. The Hall–Kier alpha value is -0.249. The minimum absolute atomic E-state index is 0.0367. The molecular weight excluding hydrogens is 649 g/mol. The van der Waals surface area contributed by atoms with Gasteiger partial charge in [0, 0.05) is 6.61 Å². The normalized spacial score (nSPS) is 29.4. The molecule has 3 saturated carbocycles. The van der Waals surface area contributed by atoms with E-state index in [0.29, 0.717) is 10.5 Å². The molecule has 0 aromatic heterocycles. The first-order valence-electron chi connectivity index (χ1n) is 20.2. The van der Waals surface area contributed by atoms with Crippen molar-refractivity contribution in [2.24, 2.45) is 23.2 Å². The largest absolute Gasteiger partial charge is 0.417 e. The Morgan fingerprint density at radius 3 is 1.78 bits per heavy atom. The number of unbranched alkanes of at least 4 members (excludes halogenated alkanes) is 1. The summed E-state index contributed by atoms with van der Waals surface area (Å²) in [6, 6.07) is 0. The molecule has 0 spiro atoms. The quantitative estimate of drug-likeness (QED) is 0.114. The summed E-state index contributed by atoms with van der Waals surface area (Å²) >= 11 is 0. The Labute approximate surface area is 309 Å². The van der Waals surface area contributed by atoms with Gasteiger partial charge in [-0.25, -0.2) is 0 Å². The van der Waals surface area contributed by atoms with Gasteiger partial charge in [-0.05, 0) is 135 Å². The van der Waals surface area contributed by atoms with Crippen LogP contribution >= 0.6 is 0 Å². The molecule has 3 fully saturated rings. The maximum atomic E-state index is 7.12. The molecule has 0 N–H and O–H groups in total. The predicted molar refractivity (Wildman–Crippen MR) is 223 cm³/mol. The molecule has 0 aliphatic heterocycles. The fourth-order valence-electron chi connectivity index (χ4n) is 8.22. The number of rotatable bonds is 12. The van der Waals surface area contributed by atoms with Crippen molar-refractivity contribution in [3.05, 3.63) is 35.5 Å². The lowest BCUT2D eigenvalue weighted by Gasteiger charge is -2.46. The molecule has 6 heteroatoms. The molecule has 0 amide bonds. The van der Waals surface area contributed by atoms with E-state index >= 15 is 0 Å². The van der Waals surface area contributed by atoms with Crippen LogP contribution in [0.2, 0.25) is 54.4 Å². The highest BCUT2D eigenvalue weighted by molar-refractivity contribution is 6.75. The Bertz CT molecular complexity index is 1150. The zero-order valence-electron chi connectivity index (χ0n) is 35.8. The second-order valence-electron chi connectivity index (χ2n) is 21.5. The predicted octanol–water partition coefficient (Wildman–Crippen LogP) is 14.0. The van der Waals surface area contributed by atoms with Gasteiger partial charge in [-0.3, -0.25) is 0 Å². The number of allylic oxidation sites excluding steroid dienone is 3. The maximum Gasteiger partial charge on any atom is 0.192 e. The summed E-state index contributed by atoms with van der Waals surface area (Å²) in [5.74, 6) is 2.34. The minimum Gasteiger partial charge on any atom is -0.417 e. The van der Waals surface area contributed by atoms with E-state index in [-0.39, 0.29) is 22.3 Å². The zero-order valence-corrected chi connectivity index (χ0v) is 38.8. The molecule has 49 heavy (non-hydrogen) atoms. The van der Waals surface area contributed by atoms with E-state index in [2.05, 4.69) is 134 Å². The van der Waals surface area contributed by atoms with Gasteiger partial charge < -0.3 is 13.3 Å². The van der Waals surface area contributed by atoms with E-state index < -0.39 is 25.0 Å². The van der Waals surface area contributed by atoms with Gasteiger partial charge >= 0.3 is 0 Å². The van der Waals surface area contributed by atoms with Crippen molar-refractivity contribution in [3.8, 4) is 0 Å². The van der Waals surface area contributed by atoms with E-state index in [1.807, 2.05) is 0 Å². The molecule has 3 nitrogen and oxygen atoms in total. The van der Waals surface area contributed by atoms with Gasteiger partial charge in [0.1, 0.15) is 0 Å². The van der Waals surface area contributed by atoms with Gasteiger partial charge in [-0.2, -0.15) is 0 Å². The highest BCUT2D eigenvalue weighted by Crippen LogP contribution is 2.60. The Balaban J connectivity index is 1.76. The lowest BCUT2D eigenvalue weighted by Crippen LogP contribution is -2.49. The molecule has 3 aliphatic rings. The summed E-state index contributed by atoms with van der Waals surface area (Å²) in [6.07, 6.45) is 17.6. The summed E-state index contributed by atoms with van der Waals surface area (Å²) in [7, 11) is -5.59. The van der Waals surface area contributed by atoms with Crippen LogP contribution in [-0.4, -0.2) is 43.8 Å². The van der Waals surface area contributed by atoms with Crippen LogP contribution in [0.4, 0.5) is 0 Å². The summed E-state index contributed by atoms with van der Waals surface area (Å²) in [6.45, 7) is 46.2. The van der Waals surface area contributed by atoms with Gasteiger partial charge in [0.2, 0.25) is 0 Å². The van der Waals surface area contributed by atoms with Crippen LogP contribution in [0.1, 0.15) is 140 Å². The molecule has 6 atom stereocenters. The molecule has 0 aromatic rings. The third-order valence-corrected chi connectivity index (χ3v) is 28.3. The second-order valence-corrected chi connectivity index (χ2v) is 35.8. The molecule has 0 bridgehead atoms. The molecule has 0 aromatic carbocycles. The Morgan fingerprint density at radius 1 is 0.776 bits per heavy atom. The number of hydrogen-bond donors (Lipinski definition) is 0. The lowest BCUT2D eigenvalue weighted by molar-refractivity contribution is 0.0926. The van der Waals surface area contributed by atoms with Crippen molar-refractivity contribution in [1.82, 2.24) is 0 Å². The monoisotopic (exact) mass is 731 g/mol. The average Bonchev–Trinajstić information content (AvgIpc) is 3.29. The van der Waals surface area contributed by atoms with Crippen LogP contribution in [0.3, 0.4) is 0 Å². The van der Waals surface area contributed by atoms with Crippen LogP contribution in [0.15, 0.2) is 35.5 Å². The zero-order chi connectivity index (χ0) is 37.4. The highest BCUT2D eigenvalue weighted by Gasteiger charge is 2.51. The standard InChI is InChI=1S/C43H82O3Si3/c1-32(22-19-20-29-44-47(13,14)40(3,4)5)36-26-27-37-35(23-21-28-43(36,37)12)25-24-34-30-38(45-48(15,16)41(6,7)8)33(2)39(31-34)46-49(17,18)42(9,10)11/h24-25,32,36-39H,2,19-23,26-31H2,1,3-18H3/b35-25+/t32-,36+,37-,38+,39+,43+/m0/s1. The van der Waals surface area contributed by atoms with Crippen molar-refractivity contribution < 1.29 is 13.3 Å². The van der Waals surface area contributed by atoms with Crippen LogP contribution in [-0.2, 0) is 13.3 Å². The fourth-order valence-corrected chi connectivity index (χ4v) is 11.9. The SMILES string of the molecule is C=C1[C@H](O[Si](C)(C)C(C)(C)C)CC(=C/C=C2\CCC[C@]3(C)[C@@H]([C@@H](C)CCCCO[Si](C)(C)C(C)(C)C)CC[C@@H]23)C[C@H]1O[Si](C)(C)C(C)(C)C. The number of fused-ring (bicyclic) bond motifs is 1. The van der Waals surface area contributed by atoms with Gasteiger partial charge in [0.05, 0.1) is 12.2 Å². The number of hydrogen-bond acceptors (Lipinski definition) is 3. The van der Waals surface area contributed by atoms with Gasteiger partial charge in [0.25, 0.3) is 0 Å². The van der Waals surface area contributed by atoms with Crippen LogP contribution in [0.25, 0.3) is 0 Å². The third kappa shape index (κ3) is 10.2. The Morgan fingerprint density at radius 2 is 1.29 bits per heavy atom. The van der Waals surface area contributed by atoms with Crippen molar-refractivity contribution in [2.75, 3.05) is 6.61 Å². The molecule has 0 radical (unpaired) electrons. The summed E-state index contributed by atoms with van der Waals surface area (Å²) in [5.41, 5.74) is 4.81. The molecule has 3 rings (SSSR count). The lowest BCUT2D eigenvalue weighted by atomic mass is 9.60. The smallest absolute Gasteiger partial charge is 0.192 e. The minimum atomic E-state index is -1.97. The Kier molecular flexibility index (Phi) is 13.8. The molecular formula is C43H82O3Si3. The van der Waals surface area contributed by atoms with Crippen molar-refractivity contribution >= 4 is 25.0 Å². The first-order valence-corrected chi connectivity index (χ1v) is 28.9. The van der Waals surface area contributed by atoms with E-state index in [9.17, 15) is 0 Å². The van der Waals surface area contributed by atoms with E-state index in [4.69, 9.17) is 13.3 Å². The molecule has 0 heterocycles. The molecule has 0 unspecified atom stereocenters. The molecule has 284 valence electrons. The van der Waals surface area contributed by atoms with Gasteiger partial charge in [-0.15, -0.1) is 0 Å². The first kappa shape index (κ1) is 43.2. The van der Waals surface area contributed by atoms with Crippen molar-refractivity contribution in [1.29, 1.82) is 0 Å². The first-order chi connectivity index (χ1) is 22.1. The van der Waals surface area contributed by atoms with Crippen LogP contribution < -0.4 is 0 Å². The summed E-state index contributed by atoms with van der Waals surface area (Å²) in [5, 5.41) is 0.614. The fraction of sp³-hybridized carbons (Fsp3) is 0.860. The van der Waals surface area contributed by atoms with Crippen molar-refractivity contribution in [3.63, 3.8) is 0 Å². The van der Waals surface area contributed by atoms with Crippen LogP contribution in [0, 0.1) is 23.2 Å². The van der Waals surface area contributed by atoms with E-state index in [0.717, 1.165) is 37.2 Å². The van der Waals surface area contributed by atoms with E-state index in [1.54, 1.807) is 5.57 Å². The highest BCUT2D eigenvalue weighted by atomic mass is 28.4. The summed E-state index contributed by atoms with van der Waals surface area (Å²) in [4.78, 5) is 0. The average molecular weight is 731 g/mol. The van der Waals surface area contributed by atoms with Gasteiger partial charge in [0.15, 0.2) is 25.0 Å². The maximum absolute atomic E-state index is 7.12. The van der Waals surface area contributed by atoms with Crippen molar-refractivity contribution in [2.45, 2.75) is 207 Å². The second kappa shape index (κ2) is 15.6. The summed E-state index contributed by atoms with van der Waals surface area (Å²) < 4.78 is 20.7. The molecule has 0 saturated heterocycles. The topological polar surface area (TPSA) is 27.7 Å². The van der Waals surface area contributed by atoms with E-state index in [1.165, 1.54) is 62.5 Å². The van der Waals surface area contributed by atoms with Gasteiger partial charge in [-0.1, -0.05) is 119 Å².